The third kappa shape index (κ3) is 3.93. The zero-order valence-electron chi connectivity index (χ0n) is 19.6. The number of hydrogen-bond donors (Lipinski definition) is 1. The highest BCUT2D eigenvalue weighted by Gasteiger charge is 2.43. The first-order valence-electron chi connectivity index (χ1n) is 11.9. The van der Waals surface area contributed by atoms with Gasteiger partial charge in [-0.3, -0.25) is 9.59 Å². The molecule has 1 fully saturated rings. The van der Waals surface area contributed by atoms with Crippen molar-refractivity contribution in [3.05, 3.63) is 95.1 Å². The van der Waals surface area contributed by atoms with E-state index in [4.69, 9.17) is 14.3 Å². The lowest BCUT2D eigenvalue weighted by Crippen LogP contribution is -2.45. The molecule has 0 unspecified atom stereocenters. The van der Waals surface area contributed by atoms with E-state index in [0.29, 0.717) is 5.06 Å². The van der Waals surface area contributed by atoms with Gasteiger partial charge in [-0.2, -0.15) is 0 Å². The molecule has 3 amide bonds. The average molecular weight is 498 g/mol. The summed E-state index contributed by atoms with van der Waals surface area (Å²) in [5.74, 6) is -3.30. The number of hydroxylamine groups is 2. The molecule has 2 atom stereocenters. The lowest BCUT2D eigenvalue weighted by Gasteiger charge is -2.21. The van der Waals surface area contributed by atoms with Gasteiger partial charge in [-0.05, 0) is 34.4 Å². The lowest BCUT2D eigenvalue weighted by molar-refractivity contribution is -0.174. The maximum Gasteiger partial charge on any atom is 0.407 e. The van der Waals surface area contributed by atoms with Gasteiger partial charge in [0.1, 0.15) is 12.5 Å². The zero-order valence-corrected chi connectivity index (χ0v) is 19.6. The van der Waals surface area contributed by atoms with Crippen molar-refractivity contribution in [1.29, 1.82) is 0 Å². The second kappa shape index (κ2) is 9.18. The highest BCUT2D eigenvalue weighted by Crippen LogP contribution is 2.44. The molecular weight excluding hydrogens is 476 g/mol. The van der Waals surface area contributed by atoms with E-state index in [1.54, 1.807) is 12.1 Å². The van der Waals surface area contributed by atoms with Gasteiger partial charge in [0.25, 0.3) is 11.8 Å². The van der Waals surface area contributed by atoms with Crippen LogP contribution in [-0.2, 0) is 19.1 Å². The van der Waals surface area contributed by atoms with Crippen LogP contribution in [0.25, 0.3) is 11.1 Å². The first-order valence-corrected chi connectivity index (χ1v) is 11.9. The predicted molar refractivity (Wildman–Crippen MR) is 129 cm³/mol. The Morgan fingerprint density at radius 2 is 1.35 bits per heavy atom. The number of ether oxygens (including phenoxy) is 2. The molecule has 1 saturated heterocycles. The van der Waals surface area contributed by atoms with Crippen LogP contribution < -0.4 is 5.32 Å². The topological polar surface area (TPSA) is 111 Å². The molecule has 0 bridgehead atoms. The molecule has 3 aromatic carbocycles. The highest BCUT2D eigenvalue weighted by atomic mass is 16.7. The minimum atomic E-state index is -0.912. The quantitative estimate of drug-likeness (QED) is 0.538. The van der Waals surface area contributed by atoms with Crippen molar-refractivity contribution in [2.75, 3.05) is 19.8 Å². The first kappa shape index (κ1) is 22.9. The molecular formula is C28H22N2O7. The van der Waals surface area contributed by atoms with Crippen LogP contribution in [0.3, 0.4) is 0 Å². The molecule has 37 heavy (non-hydrogen) atoms. The molecule has 6 rings (SSSR count). The van der Waals surface area contributed by atoms with Gasteiger partial charge in [0.15, 0.2) is 0 Å². The van der Waals surface area contributed by atoms with Crippen molar-refractivity contribution in [2.24, 2.45) is 5.92 Å². The summed E-state index contributed by atoms with van der Waals surface area (Å²) < 4.78 is 10.9. The summed E-state index contributed by atoms with van der Waals surface area (Å²) in [5.41, 5.74) is 4.73. The van der Waals surface area contributed by atoms with Crippen molar-refractivity contribution >= 4 is 23.9 Å². The Hall–Kier alpha value is -4.50. The highest BCUT2D eigenvalue weighted by molar-refractivity contribution is 6.20. The van der Waals surface area contributed by atoms with Crippen LogP contribution in [0.4, 0.5) is 4.79 Å². The molecule has 0 aromatic heterocycles. The minimum Gasteiger partial charge on any atom is -0.449 e. The van der Waals surface area contributed by atoms with E-state index in [0.717, 1.165) is 22.3 Å². The summed E-state index contributed by atoms with van der Waals surface area (Å²) >= 11 is 0. The van der Waals surface area contributed by atoms with Crippen LogP contribution in [0.1, 0.15) is 37.8 Å². The van der Waals surface area contributed by atoms with Crippen LogP contribution in [0, 0.1) is 5.92 Å². The van der Waals surface area contributed by atoms with Crippen LogP contribution in [0.2, 0.25) is 0 Å². The van der Waals surface area contributed by atoms with E-state index < -0.39 is 35.8 Å². The molecule has 2 aliphatic heterocycles. The second-order valence-electron chi connectivity index (χ2n) is 9.08. The summed E-state index contributed by atoms with van der Waals surface area (Å²) in [5, 5.41) is 3.12. The number of fused-ring (bicyclic) bond motifs is 4. The molecule has 1 N–H and O–H groups in total. The Morgan fingerprint density at radius 1 is 0.811 bits per heavy atom. The number of rotatable bonds is 5. The van der Waals surface area contributed by atoms with Gasteiger partial charge in [-0.15, -0.1) is 0 Å². The average Bonchev–Trinajstić information content (AvgIpc) is 3.58. The summed E-state index contributed by atoms with van der Waals surface area (Å²) in [4.78, 5) is 55.7. The van der Waals surface area contributed by atoms with Gasteiger partial charge < -0.3 is 19.6 Å². The monoisotopic (exact) mass is 498 g/mol. The number of nitrogens with zero attached hydrogens (tertiary/aromatic N) is 1. The number of amides is 3. The molecule has 3 aromatic rings. The van der Waals surface area contributed by atoms with E-state index in [1.807, 2.05) is 36.4 Å². The van der Waals surface area contributed by atoms with Gasteiger partial charge in [-0.25, -0.2) is 9.59 Å². The predicted octanol–water partition coefficient (Wildman–Crippen LogP) is 3.29. The summed E-state index contributed by atoms with van der Waals surface area (Å²) in [7, 11) is 0. The molecule has 0 saturated carbocycles. The van der Waals surface area contributed by atoms with E-state index in [1.165, 1.54) is 12.1 Å². The Labute approximate surface area is 211 Å². The number of carbonyl (C=O) groups is 4. The smallest absolute Gasteiger partial charge is 0.407 e. The third-order valence-corrected chi connectivity index (χ3v) is 6.97. The van der Waals surface area contributed by atoms with E-state index in [9.17, 15) is 19.2 Å². The minimum absolute atomic E-state index is 0.0314. The van der Waals surface area contributed by atoms with Crippen LogP contribution in [0.5, 0.6) is 0 Å². The number of alkyl carbamates (subject to hydrolysis) is 1. The standard InChI is InChI=1S/C28H22N2O7/c31-25-20-11-5-6-12-21(20)26(32)30(25)37-27(33)23-13-35-15-24(23)29-28(34)36-14-22-18-9-3-1-7-16(18)17-8-2-4-10-19(17)22/h1-12,22-24H,13-15H2,(H,29,34)/t23-,24+/m1/s1. The van der Waals surface area contributed by atoms with Gasteiger partial charge in [-0.1, -0.05) is 65.7 Å². The number of imide groups is 1. The Kier molecular flexibility index (Phi) is 5.69. The van der Waals surface area contributed by atoms with E-state index in [2.05, 4.69) is 17.4 Å². The van der Waals surface area contributed by atoms with Gasteiger partial charge >= 0.3 is 12.1 Å². The molecule has 9 heteroatoms. The Bertz CT molecular complexity index is 1350. The first-order chi connectivity index (χ1) is 18.0. The fourth-order valence-corrected chi connectivity index (χ4v) is 5.13. The molecule has 1 aliphatic carbocycles. The van der Waals surface area contributed by atoms with Crippen molar-refractivity contribution in [2.45, 2.75) is 12.0 Å². The fourth-order valence-electron chi connectivity index (χ4n) is 5.13. The largest absolute Gasteiger partial charge is 0.449 e. The number of hydrogen-bond acceptors (Lipinski definition) is 7. The number of nitrogens with one attached hydrogen (secondary N) is 1. The van der Waals surface area contributed by atoms with E-state index >= 15 is 0 Å². The fraction of sp³-hybridized carbons (Fsp3) is 0.214. The summed E-state index contributed by atoms with van der Waals surface area (Å²) in [6.07, 6.45) is -0.698. The van der Waals surface area contributed by atoms with Gasteiger partial charge in [0, 0.05) is 5.92 Å². The third-order valence-electron chi connectivity index (χ3n) is 6.97. The summed E-state index contributed by atoms with van der Waals surface area (Å²) in [6, 6.07) is 21.5. The van der Waals surface area contributed by atoms with Gasteiger partial charge in [0.05, 0.1) is 30.4 Å². The molecule has 2 heterocycles. The molecule has 186 valence electrons. The van der Waals surface area contributed by atoms with Crippen molar-refractivity contribution < 1.29 is 33.5 Å². The number of carbonyl (C=O) groups excluding carboxylic acids is 4. The van der Waals surface area contributed by atoms with Crippen LogP contribution >= 0.6 is 0 Å². The van der Waals surface area contributed by atoms with Crippen molar-refractivity contribution in [3.63, 3.8) is 0 Å². The molecule has 0 spiro atoms. The Balaban J connectivity index is 1.08. The second-order valence-corrected chi connectivity index (χ2v) is 9.08. The van der Waals surface area contributed by atoms with E-state index in [-0.39, 0.29) is 36.9 Å². The molecule has 9 nitrogen and oxygen atoms in total. The molecule has 0 radical (unpaired) electrons. The van der Waals surface area contributed by atoms with Crippen molar-refractivity contribution in [1.82, 2.24) is 10.4 Å². The Morgan fingerprint density at radius 3 is 1.95 bits per heavy atom. The SMILES string of the molecule is O=C(N[C@H]1COC[C@H]1C(=O)ON1C(=O)c2ccccc2C1=O)OCC1c2ccccc2-c2ccccc21. The lowest BCUT2D eigenvalue weighted by atomic mass is 9.98. The number of benzene rings is 3. The molecule has 3 aliphatic rings. The van der Waals surface area contributed by atoms with Crippen LogP contribution in [0.15, 0.2) is 72.8 Å². The zero-order chi connectivity index (χ0) is 25.5. The summed E-state index contributed by atoms with van der Waals surface area (Å²) in [6.45, 7) is 0.153. The maximum atomic E-state index is 12.8. The normalized spacial score (nSPS) is 19.8. The van der Waals surface area contributed by atoms with Crippen LogP contribution in [-0.4, -0.2) is 54.8 Å². The maximum absolute atomic E-state index is 12.8. The van der Waals surface area contributed by atoms with Gasteiger partial charge in [0.2, 0.25) is 0 Å². The van der Waals surface area contributed by atoms with Crippen molar-refractivity contribution in [3.8, 4) is 11.1 Å².